The van der Waals surface area contributed by atoms with E-state index in [9.17, 15) is 0 Å². The van der Waals surface area contributed by atoms with Crippen LogP contribution in [0.4, 0.5) is 0 Å². The van der Waals surface area contributed by atoms with E-state index in [0.29, 0.717) is 29.1 Å². The molecule has 1 saturated heterocycles. The second kappa shape index (κ2) is 23.9. The molecule has 18 aromatic rings. The van der Waals surface area contributed by atoms with E-state index in [1.807, 2.05) is 144 Å². The number of pyridine rings is 2. The van der Waals surface area contributed by atoms with Gasteiger partial charge in [-0.25, -0.2) is 24.9 Å². The Morgan fingerprint density at radius 2 is 0.604 bits per heavy atom. The minimum Gasteiger partial charge on any atom is -0.398 e. The fourth-order valence-electron chi connectivity index (χ4n) is 13.2. The van der Waals surface area contributed by atoms with Crippen LogP contribution in [0, 0.1) is 0 Å². The Labute approximate surface area is 565 Å². The molecule has 96 heavy (non-hydrogen) atoms. The lowest BCUT2D eigenvalue weighted by molar-refractivity contribution is 0.00578. The van der Waals surface area contributed by atoms with Crippen molar-refractivity contribution in [1.29, 1.82) is 0 Å². The summed E-state index contributed by atoms with van der Waals surface area (Å²) in [6.45, 7) is 8.36. The lowest BCUT2D eigenvalue weighted by Crippen LogP contribution is -2.41. The first-order chi connectivity index (χ1) is 47.0. The molecule has 12 aromatic carbocycles. The molecule has 0 radical (unpaired) electrons. The molecule has 6 aromatic heterocycles. The van der Waals surface area contributed by atoms with Gasteiger partial charge in [0.05, 0.1) is 27.8 Å². The number of benzene rings is 12. The number of fused-ring (bicyclic) bond motifs is 20. The van der Waals surface area contributed by atoms with Gasteiger partial charge in [0.1, 0.15) is 5.69 Å². The molecule has 1 aliphatic heterocycles. The monoisotopic (exact) mass is 1290 g/mol. The van der Waals surface area contributed by atoms with Crippen molar-refractivity contribution in [1.82, 2.24) is 39.9 Å². The van der Waals surface area contributed by atoms with Gasteiger partial charge in [-0.2, -0.15) is 9.97 Å². The average Bonchev–Trinajstić information content (AvgIpc) is 1.42. The van der Waals surface area contributed by atoms with Crippen LogP contribution in [0.15, 0.2) is 267 Å². The first-order valence-corrected chi connectivity index (χ1v) is 33.9. The van der Waals surface area contributed by atoms with Crippen LogP contribution in [0.5, 0.6) is 0 Å². The summed E-state index contributed by atoms with van der Waals surface area (Å²) >= 11 is 9.71. The second-order valence-corrected chi connectivity index (χ2v) is 27.2. The maximum Gasteiger partial charge on any atom is 0.515 e. The third kappa shape index (κ3) is 10.3. The van der Waals surface area contributed by atoms with E-state index in [0.717, 1.165) is 66.1 Å². The number of hydrogen-bond acceptors (Lipinski definition) is 12. The van der Waals surface area contributed by atoms with Crippen molar-refractivity contribution < 1.29 is 9.31 Å². The van der Waals surface area contributed by atoms with Crippen LogP contribution in [-0.4, -0.2) is 58.2 Å². The fourth-order valence-corrected chi connectivity index (χ4v) is 15.8. The van der Waals surface area contributed by atoms with Gasteiger partial charge < -0.3 is 9.31 Å². The molecule has 0 atom stereocenters. The molecule has 0 aliphatic carbocycles. The molecule has 14 heteroatoms. The Hall–Kier alpha value is -10.8. The van der Waals surface area contributed by atoms with Crippen LogP contribution in [0.25, 0.3) is 162 Å². The zero-order chi connectivity index (χ0) is 64.7. The molecule has 458 valence electrons. The Balaban J connectivity index is 0.000000117. The fraction of sp³-hybridized carbons (Fsp3) is 0.0732. The topological polar surface area (TPSA) is 122 Å². The molecule has 7 heterocycles. The third-order valence-corrected chi connectivity index (χ3v) is 21.0. The van der Waals surface area contributed by atoms with Crippen LogP contribution in [0.1, 0.15) is 27.7 Å². The predicted octanol–water partition coefficient (Wildman–Crippen LogP) is 21.2. The average molecular weight is 1300 g/mol. The summed E-state index contributed by atoms with van der Waals surface area (Å²) in [6.07, 6.45) is 0. The van der Waals surface area contributed by atoms with Gasteiger partial charge in [-0.05, 0) is 62.2 Å². The van der Waals surface area contributed by atoms with E-state index in [4.69, 9.17) is 45.8 Å². The van der Waals surface area contributed by atoms with Crippen molar-refractivity contribution in [3.05, 3.63) is 272 Å². The van der Waals surface area contributed by atoms with Crippen molar-refractivity contribution in [3.63, 3.8) is 0 Å². The Bertz CT molecular complexity index is 5950. The summed E-state index contributed by atoms with van der Waals surface area (Å²) in [4.78, 5) is 38.6. The first kappa shape index (κ1) is 59.0. The lowest BCUT2D eigenvalue weighted by atomic mass is 9.79. The molecule has 0 saturated carbocycles. The predicted molar refractivity (Wildman–Crippen MR) is 400 cm³/mol. The van der Waals surface area contributed by atoms with Crippen molar-refractivity contribution in [2.45, 2.75) is 38.9 Å². The summed E-state index contributed by atoms with van der Waals surface area (Å²) in [5.41, 5.74) is 6.44. The summed E-state index contributed by atoms with van der Waals surface area (Å²) in [6, 6.07) is 91.3. The highest BCUT2D eigenvalue weighted by Crippen LogP contribution is 2.49. The van der Waals surface area contributed by atoms with Gasteiger partial charge in [0.25, 0.3) is 0 Å². The van der Waals surface area contributed by atoms with E-state index >= 15 is 0 Å². The lowest BCUT2D eigenvalue weighted by Gasteiger charge is -2.32. The van der Waals surface area contributed by atoms with E-state index in [1.165, 1.54) is 72.7 Å². The number of aromatic nitrogens is 8. The van der Waals surface area contributed by atoms with E-state index < -0.39 is 18.3 Å². The van der Waals surface area contributed by atoms with Gasteiger partial charge in [0.2, 0.25) is 5.28 Å². The zero-order valence-electron chi connectivity index (χ0n) is 52.6. The van der Waals surface area contributed by atoms with Gasteiger partial charge in [0.15, 0.2) is 29.1 Å². The maximum atomic E-state index is 6.48. The summed E-state index contributed by atoms with van der Waals surface area (Å²) < 4.78 is 18.1. The molecule has 10 nitrogen and oxygen atoms in total. The smallest absolute Gasteiger partial charge is 0.398 e. The van der Waals surface area contributed by atoms with E-state index in [1.54, 1.807) is 0 Å². The third-order valence-electron chi connectivity index (χ3n) is 18.5. The zero-order valence-corrected chi connectivity index (χ0v) is 55.0. The van der Waals surface area contributed by atoms with Gasteiger partial charge in [-0.3, -0.25) is 4.98 Å². The molecular formula is C82H56BClN8O2S2. The molecule has 0 N–H and O–H groups in total. The van der Waals surface area contributed by atoms with Crippen LogP contribution in [0.3, 0.4) is 0 Å². The second-order valence-electron chi connectivity index (χ2n) is 24.8. The van der Waals surface area contributed by atoms with Crippen LogP contribution in [-0.2, 0) is 9.31 Å². The number of hydrogen-bond donors (Lipinski definition) is 0. The molecule has 0 amide bonds. The number of halogens is 1. The van der Waals surface area contributed by atoms with Crippen molar-refractivity contribution in [3.8, 4) is 57.1 Å². The summed E-state index contributed by atoms with van der Waals surface area (Å²) in [5, 5.41) is 16.9. The highest BCUT2D eigenvalue weighted by Gasteiger charge is 2.53. The van der Waals surface area contributed by atoms with Gasteiger partial charge in [-0.1, -0.05) is 255 Å². The SMILES string of the molecule is CC1(C)OB(c2nc3c4ccccc4c4sc5ccccc5c4c3c3ccccc23)OC1(C)C.Clc1nc(-c2ccccc2)nc(-c2ccccc2)n1.c1ccc(-c2nc(-c3ccccc3)nc(-c3nc4c5ccccc5c5sc6ccccc6c5c4c4ccccc34)n2)cc1. The summed E-state index contributed by atoms with van der Waals surface area (Å²) in [5.74, 6) is 2.98. The molecule has 0 unspecified atom stereocenters. The van der Waals surface area contributed by atoms with Crippen molar-refractivity contribution in [2.75, 3.05) is 0 Å². The van der Waals surface area contributed by atoms with Gasteiger partial charge in [0, 0.05) is 106 Å². The normalized spacial score (nSPS) is 13.5. The molecule has 0 bridgehead atoms. The number of thiophene rings is 2. The maximum absolute atomic E-state index is 6.48. The molecule has 1 aliphatic rings. The highest BCUT2D eigenvalue weighted by atomic mass is 35.5. The minimum atomic E-state index is -0.520. The molecular weight excluding hydrogens is 1240 g/mol. The first-order valence-electron chi connectivity index (χ1n) is 31.9. The highest BCUT2D eigenvalue weighted by molar-refractivity contribution is 7.27. The molecule has 1 fully saturated rings. The van der Waals surface area contributed by atoms with Gasteiger partial charge >= 0.3 is 7.12 Å². The molecule has 19 rings (SSSR count). The van der Waals surface area contributed by atoms with Crippen molar-refractivity contribution in [2.24, 2.45) is 0 Å². The van der Waals surface area contributed by atoms with Crippen LogP contribution >= 0.6 is 34.3 Å². The Morgan fingerprint density at radius 3 is 1.03 bits per heavy atom. The number of rotatable bonds is 6. The van der Waals surface area contributed by atoms with Crippen LogP contribution in [0.2, 0.25) is 5.28 Å². The Kier molecular flexibility index (Phi) is 14.7. The summed E-state index contributed by atoms with van der Waals surface area (Å²) in [7, 11) is -0.520. The standard InChI is InChI=1S/C38H22N4S.C29H24BNO2S.C15H10ClN3/c1-3-13-23(14-4-1)36-40-37(24-15-5-2-6-16-24)42-38(41-36)34-26-18-8-7-17-25(26)31-32-29-21-11-12-22-30(29)43-35(32)28-20-10-9-19-27(28)33(31)39-34;1-28(2)29(3,4)33-30(32-28)27-20-14-8-5-11-17(20)23-24-21-15-9-10-16-22(21)34-26(24)19-13-7-6-12-18(19)25(23)31-27;16-15-18-13(11-7-3-1-4-8-11)17-14(19-15)12-9-5-2-6-10-12/h1-22H;5-16H,1-4H3;1-10H. The van der Waals surface area contributed by atoms with Crippen LogP contribution < -0.4 is 5.59 Å². The van der Waals surface area contributed by atoms with Gasteiger partial charge in [-0.15, -0.1) is 22.7 Å². The van der Waals surface area contributed by atoms with E-state index in [-0.39, 0.29) is 5.28 Å². The largest absolute Gasteiger partial charge is 0.515 e. The van der Waals surface area contributed by atoms with E-state index in [2.05, 4.69) is 188 Å². The number of nitrogens with zero attached hydrogens (tertiary/aromatic N) is 8. The molecule has 0 spiro atoms. The minimum absolute atomic E-state index is 0.202. The Morgan fingerprint density at radius 1 is 0.292 bits per heavy atom. The van der Waals surface area contributed by atoms with Crippen molar-refractivity contribution >= 4 is 152 Å². The quantitative estimate of drug-likeness (QED) is 0.117.